The summed E-state index contributed by atoms with van der Waals surface area (Å²) in [4.78, 5) is 9.00. The van der Waals surface area contributed by atoms with E-state index in [0.717, 1.165) is 13.0 Å². The number of phenolic OH excluding ortho intramolecular Hbond substituents is 1. The van der Waals surface area contributed by atoms with Gasteiger partial charge in [-0.25, -0.2) is 4.39 Å². The molecule has 0 heterocycles. The number of aliphatic carboxylic acids is 1. The van der Waals surface area contributed by atoms with Gasteiger partial charge in [0, 0.05) is 30.6 Å². The molecule has 0 fully saturated rings. The molecule has 0 aliphatic carbocycles. The maximum absolute atomic E-state index is 12.7. The van der Waals surface area contributed by atoms with Gasteiger partial charge in [-0.3, -0.25) is 4.79 Å². The van der Waals surface area contributed by atoms with Crippen molar-refractivity contribution in [1.82, 2.24) is 5.32 Å². The number of aliphatic hydroxyl groups is 1. The highest BCUT2D eigenvalue weighted by atomic mass is 19.1. The molecule has 0 saturated carbocycles. The van der Waals surface area contributed by atoms with Crippen LogP contribution in [0.1, 0.15) is 39.4 Å². The number of phenols is 1. The summed E-state index contributed by atoms with van der Waals surface area (Å²) in [5, 5.41) is 29.8. The number of benzene rings is 1. The first-order valence-corrected chi connectivity index (χ1v) is 6.14. The van der Waals surface area contributed by atoms with Crippen molar-refractivity contribution in [2.45, 2.75) is 39.3 Å². The van der Waals surface area contributed by atoms with E-state index in [4.69, 9.17) is 9.90 Å². The molecule has 0 aromatic heterocycles. The summed E-state index contributed by atoms with van der Waals surface area (Å²) >= 11 is 0. The van der Waals surface area contributed by atoms with Crippen LogP contribution in [0, 0.1) is 5.82 Å². The van der Waals surface area contributed by atoms with Crippen molar-refractivity contribution in [3.05, 3.63) is 29.6 Å². The molecule has 0 saturated heterocycles. The second-order valence-corrected chi connectivity index (χ2v) is 5.37. The lowest BCUT2D eigenvalue weighted by molar-refractivity contribution is -0.134. The molecule has 0 radical (unpaired) electrons. The van der Waals surface area contributed by atoms with E-state index in [9.17, 15) is 14.6 Å². The van der Waals surface area contributed by atoms with E-state index >= 15 is 0 Å². The number of rotatable bonds is 3. The molecule has 5 nitrogen and oxygen atoms in total. The van der Waals surface area contributed by atoms with Gasteiger partial charge >= 0.3 is 0 Å². The Morgan fingerprint density at radius 1 is 1.40 bits per heavy atom. The van der Waals surface area contributed by atoms with E-state index in [1.54, 1.807) is 0 Å². The van der Waals surface area contributed by atoms with Gasteiger partial charge in [0.1, 0.15) is 11.6 Å². The van der Waals surface area contributed by atoms with E-state index in [0.29, 0.717) is 12.1 Å². The molecule has 0 spiro atoms. The van der Waals surface area contributed by atoms with Crippen molar-refractivity contribution in [1.29, 1.82) is 0 Å². The third-order valence-corrected chi connectivity index (χ3v) is 2.18. The molecule has 1 aromatic carbocycles. The Bertz CT molecular complexity index is 439. The minimum absolute atomic E-state index is 0.114. The van der Waals surface area contributed by atoms with Gasteiger partial charge in [-0.05, 0) is 32.9 Å². The van der Waals surface area contributed by atoms with Crippen LogP contribution in [0.4, 0.5) is 4.39 Å². The third kappa shape index (κ3) is 8.44. The highest BCUT2D eigenvalue weighted by Crippen LogP contribution is 2.24. The largest absolute Gasteiger partial charge is 0.507 e. The summed E-state index contributed by atoms with van der Waals surface area (Å²) in [6.07, 6.45) is -0.847. The van der Waals surface area contributed by atoms with Crippen molar-refractivity contribution in [3.8, 4) is 5.75 Å². The molecule has 0 aliphatic heterocycles. The Morgan fingerprint density at radius 2 is 1.90 bits per heavy atom. The predicted octanol–water partition coefficient (Wildman–Crippen LogP) is 2.04. The van der Waals surface area contributed by atoms with Crippen molar-refractivity contribution in [3.63, 3.8) is 0 Å². The molecule has 0 bridgehead atoms. The molecule has 6 heteroatoms. The van der Waals surface area contributed by atoms with Crippen LogP contribution in [0.25, 0.3) is 0 Å². The standard InChI is InChI=1S/C12H18FNO2.C2H4O2/c1-12(2,3)14-7-11(16)9-5-4-8(13)6-10(9)15;1-2(3)4/h4-6,11,14-16H,7H2,1-3H3;1H3,(H,3,4). The summed E-state index contributed by atoms with van der Waals surface area (Å²) in [6, 6.07) is 3.60. The van der Waals surface area contributed by atoms with Crippen molar-refractivity contribution >= 4 is 5.97 Å². The normalized spacial score (nSPS) is 12.3. The predicted molar refractivity (Wildman–Crippen MR) is 74.1 cm³/mol. The second kappa shape index (κ2) is 7.81. The number of halogens is 1. The van der Waals surface area contributed by atoms with E-state index in [1.807, 2.05) is 20.8 Å². The average Bonchev–Trinajstić information content (AvgIpc) is 2.24. The van der Waals surface area contributed by atoms with Gasteiger partial charge in [0.05, 0.1) is 6.10 Å². The molecule has 1 rings (SSSR count). The molecular formula is C14H22FNO4. The molecule has 20 heavy (non-hydrogen) atoms. The van der Waals surface area contributed by atoms with Crippen molar-refractivity contribution in [2.24, 2.45) is 0 Å². The van der Waals surface area contributed by atoms with Crippen LogP contribution in [0.3, 0.4) is 0 Å². The maximum atomic E-state index is 12.7. The van der Waals surface area contributed by atoms with E-state index in [2.05, 4.69) is 5.32 Å². The number of aromatic hydroxyl groups is 1. The van der Waals surface area contributed by atoms with Crippen LogP contribution in [0.2, 0.25) is 0 Å². The fourth-order valence-electron chi connectivity index (χ4n) is 1.31. The fourth-order valence-corrected chi connectivity index (χ4v) is 1.31. The van der Waals surface area contributed by atoms with Gasteiger partial charge in [-0.1, -0.05) is 0 Å². The molecule has 4 N–H and O–H groups in total. The first-order valence-electron chi connectivity index (χ1n) is 6.14. The van der Waals surface area contributed by atoms with Crippen molar-refractivity contribution < 1.29 is 24.5 Å². The van der Waals surface area contributed by atoms with E-state index < -0.39 is 17.9 Å². The van der Waals surface area contributed by atoms with Gasteiger partial charge in [0.2, 0.25) is 0 Å². The molecule has 1 atom stereocenters. The van der Waals surface area contributed by atoms with Gasteiger partial charge in [-0.15, -0.1) is 0 Å². The van der Waals surface area contributed by atoms with Gasteiger partial charge in [0.25, 0.3) is 5.97 Å². The lowest BCUT2D eigenvalue weighted by Gasteiger charge is -2.23. The lowest BCUT2D eigenvalue weighted by Crippen LogP contribution is -2.38. The zero-order valence-corrected chi connectivity index (χ0v) is 12.1. The highest BCUT2D eigenvalue weighted by Gasteiger charge is 2.16. The van der Waals surface area contributed by atoms with Crippen LogP contribution in [0.15, 0.2) is 18.2 Å². The Hall–Kier alpha value is -1.66. The summed E-state index contributed by atoms with van der Waals surface area (Å²) in [6.45, 7) is 7.32. The number of hydrogen-bond acceptors (Lipinski definition) is 4. The summed E-state index contributed by atoms with van der Waals surface area (Å²) in [5.74, 6) is -1.57. The first kappa shape index (κ1) is 18.3. The van der Waals surface area contributed by atoms with E-state index in [1.165, 1.54) is 12.1 Å². The van der Waals surface area contributed by atoms with Crippen LogP contribution >= 0.6 is 0 Å². The Balaban J connectivity index is 0.000000796. The van der Waals surface area contributed by atoms with Crippen LogP contribution in [-0.4, -0.2) is 33.4 Å². The van der Waals surface area contributed by atoms with Gasteiger partial charge in [0.15, 0.2) is 0 Å². The molecule has 1 unspecified atom stereocenters. The van der Waals surface area contributed by atoms with Crippen LogP contribution < -0.4 is 5.32 Å². The quantitative estimate of drug-likeness (QED) is 0.683. The third-order valence-electron chi connectivity index (χ3n) is 2.18. The van der Waals surface area contributed by atoms with Crippen LogP contribution in [0.5, 0.6) is 5.75 Å². The lowest BCUT2D eigenvalue weighted by atomic mass is 10.1. The molecule has 0 aliphatic rings. The molecular weight excluding hydrogens is 265 g/mol. The summed E-state index contributed by atoms with van der Waals surface area (Å²) in [7, 11) is 0. The smallest absolute Gasteiger partial charge is 0.300 e. The maximum Gasteiger partial charge on any atom is 0.300 e. The second-order valence-electron chi connectivity index (χ2n) is 5.37. The minimum atomic E-state index is -0.847. The highest BCUT2D eigenvalue weighted by molar-refractivity contribution is 5.62. The molecule has 0 amide bonds. The Morgan fingerprint density at radius 3 is 2.30 bits per heavy atom. The number of nitrogens with one attached hydrogen (secondary N) is 1. The Kier molecular flexibility index (Phi) is 7.17. The van der Waals surface area contributed by atoms with E-state index in [-0.39, 0.29) is 11.3 Å². The van der Waals surface area contributed by atoms with Gasteiger partial charge in [-0.2, -0.15) is 0 Å². The number of carbonyl (C=O) groups is 1. The molecule has 1 aromatic rings. The monoisotopic (exact) mass is 287 g/mol. The summed E-state index contributed by atoms with van der Waals surface area (Å²) in [5.41, 5.74) is 0.217. The number of β-amino-alcohol motifs (C(OH)–C–C–N with tert-alkyl or cyclic N) is 1. The Labute approximate surface area is 118 Å². The number of aliphatic hydroxyl groups excluding tert-OH is 1. The zero-order valence-electron chi connectivity index (χ0n) is 12.1. The summed E-state index contributed by atoms with van der Waals surface area (Å²) < 4.78 is 12.7. The van der Waals surface area contributed by atoms with Gasteiger partial charge < -0.3 is 20.6 Å². The topological polar surface area (TPSA) is 89.8 Å². The zero-order chi connectivity index (χ0) is 15.9. The number of carboxylic acids is 1. The number of hydrogen-bond donors (Lipinski definition) is 4. The minimum Gasteiger partial charge on any atom is -0.507 e. The molecule has 114 valence electrons. The fraction of sp³-hybridized carbons (Fsp3) is 0.500. The first-order chi connectivity index (χ1) is 9.03. The van der Waals surface area contributed by atoms with Crippen molar-refractivity contribution in [2.75, 3.05) is 6.54 Å². The SMILES string of the molecule is CC(=O)O.CC(C)(C)NCC(O)c1ccc(F)cc1O. The average molecular weight is 287 g/mol. The van der Waals surface area contributed by atoms with Crippen LogP contribution in [-0.2, 0) is 4.79 Å². The number of carboxylic acid groups (broad SMARTS) is 1.